The molecule has 0 aromatic heterocycles. The molecule has 1 atom stereocenters. The molecule has 0 aliphatic heterocycles. The summed E-state index contributed by atoms with van der Waals surface area (Å²) in [4.78, 5) is 11.4. The molecule has 82 valence electrons. The molecule has 1 fully saturated rings. The van der Waals surface area contributed by atoms with E-state index in [0.717, 1.165) is 19.3 Å². The summed E-state index contributed by atoms with van der Waals surface area (Å²) in [6.07, 6.45) is 2.75. The van der Waals surface area contributed by atoms with Gasteiger partial charge in [-0.15, -0.1) is 0 Å². The van der Waals surface area contributed by atoms with Gasteiger partial charge in [0, 0.05) is 19.1 Å². The quantitative estimate of drug-likeness (QED) is 0.672. The van der Waals surface area contributed by atoms with Crippen molar-refractivity contribution in [1.82, 2.24) is 5.32 Å². The molecule has 2 N–H and O–H groups in total. The predicted molar refractivity (Wildman–Crippen MR) is 52.9 cm³/mol. The maximum Gasteiger partial charge on any atom is 0.248 e. The molecule has 0 heterocycles. The van der Waals surface area contributed by atoms with Gasteiger partial charge in [-0.3, -0.25) is 4.79 Å². The SMILES string of the molecule is COC(C)C(=O)NCC1(CO)CCC1. The van der Waals surface area contributed by atoms with Crippen molar-refractivity contribution < 1.29 is 14.6 Å². The summed E-state index contributed by atoms with van der Waals surface area (Å²) >= 11 is 0. The van der Waals surface area contributed by atoms with Gasteiger partial charge in [-0.2, -0.15) is 0 Å². The van der Waals surface area contributed by atoms with Crippen molar-refractivity contribution in [3.05, 3.63) is 0 Å². The van der Waals surface area contributed by atoms with Gasteiger partial charge in [0.05, 0.1) is 6.61 Å². The molecule has 1 amide bonds. The normalized spacial score (nSPS) is 21.1. The van der Waals surface area contributed by atoms with Crippen molar-refractivity contribution in [3.63, 3.8) is 0 Å². The van der Waals surface area contributed by atoms with Crippen LogP contribution in [-0.2, 0) is 9.53 Å². The fraction of sp³-hybridized carbons (Fsp3) is 0.900. The Bertz CT molecular complexity index is 196. The molecule has 1 saturated carbocycles. The number of nitrogens with one attached hydrogen (secondary N) is 1. The molecule has 4 heteroatoms. The summed E-state index contributed by atoms with van der Waals surface area (Å²) in [5, 5.41) is 12.0. The fourth-order valence-electron chi connectivity index (χ4n) is 1.59. The van der Waals surface area contributed by atoms with Gasteiger partial charge in [0.25, 0.3) is 0 Å². The lowest BCUT2D eigenvalue weighted by molar-refractivity contribution is -0.131. The Balaban J connectivity index is 2.28. The highest BCUT2D eigenvalue weighted by atomic mass is 16.5. The van der Waals surface area contributed by atoms with E-state index in [1.54, 1.807) is 6.92 Å². The molecule has 1 aliphatic rings. The maximum absolute atomic E-state index is 11.4. The molecule has 1 unspecified atom stereocenters. The number of hydrogen-bond acceptors (Lipinski definition) is 3. The smallest absolute Gasteiger partial charge is 0.248 e. The standard InChI is InChI=1S/C10H19NO3/c1-8(14-2)9(13)11-6-10(7-12)4-3-5-10/h8,12H,3-7H2,1-2H3,(H,11,13). The van der Waals surface area contributed by atoms with Crippen LogP contribution in [-0.4, -0.2) is 37.4 Å². The third-order valence-corrected chi connectivity index (χ3v) is 3.11. The van der Waals surface area contributed by atoms with Crippen molar-refractivity contribution >= 4 is 5.91 Å². The highest BCUT2D eigenvalue weighted by Crippen LogP contribution is 2.39. The van der Waals surface area contributed by atoms with Crippen LogP contribution in [0.3, 0.4) is 0 Å². The molecule has 0 bridgehead atoms. The highest BCUT2D eigenvalue weighted by molar-refractivity contribution is 5.80. The minimum absolute atomic E-state index is 0.0525. The predicted octanol–water partition coefficient (Wildman–Crippen LogP) is 0.300. The minimum atomic E-state index is -0.411. The van der Waals surface area contributed by atoms with E-state index >= 15 is 0 Å². The maximum atomic E-state index is 11.4. The molecule has 0 radical (unpaired) electrons. The molecule has 0 aromatic carbocycles. The molecular formula is C10H19NO3. The Morgan fingerprint density at radius 3 is 2.64 bits per heavy atom. The van der Waals surface area contributed by atoms with Crippen molar-refractivity contribution in [2.45, 2.75) is 32.3 Å². The fourth-order valence-corrected chi connectivity index (χ4v) is 1.59. The number of carbonyl (C=O) groups excluding carboxylic acids is 1. The number of ether oxygens (including phenoxy) is 1. The molecule has 0 saturated heterocycles. The number of methoxy groups -OCH3 is 1. The van der Waals surface area contributed by atoms with Gasteiger partial charge >= 0.3 is 0 Å². The van der Waals surface area contributed by atoms with E-state index in [1.165, 1.54) is 7.11 Å². The van der Waals surface area contributed by atoms with Crippen LogP contribution >= 0.6 is 0 Å². The molecule has 0 aromatic rings. The lowest BCUT2D eigenvalue weighted by atomic mass is 9.69. The third-order valence-electron chi connectivity index (χ3n) is 3.11. The first kappa shape index (κ1) is 11.5. The molecule has 0 spiro atoms. The summed E-state index contributed by atoms with van der Waals surface area (Å²) < 4.78 is 4.89. The summed E-state index contributed by atoms with van der Waals surface area (Å²) in [6.45, 7) is 2.44. The van der Waals surface area contributed by atoms with Gasteiger partial charge in [0.15, 0.2) is 0 Å². The second-order valence-corrected chi connectivity index (χ2v) is 4.11. The van der Waals surface area contributed by atoms with E-state index in [4.69, 9.17) is 9.84 Å². The van der Waals surface area contributed by atoms with Crippen LogP contribution < -0.4 is 5.32 Å². The average Bonchev–Trinajstić information content (AvgIpc) is 2.15. The zero-order chi connectivity index (χ0) is 10.6. The Morgan fingerprint density at radius 2 is 2.29 bits per heavy atom. The van der Waals surface area contributed by atoms with Crippen molar-refractivity contribution in [2.75, 3.05) is 20.3 Å². The van der Waals surface area contributed by atoms with Crippen LogP contribution in [0, 0.1) is 5.41 Å². The van der Waals surface area contributed by atoms with Crippen molar-refractivity contribution in [1.29, 1.82) is 0 Å². The first-order valence-corrected chi connectivity index (χ1v) is 5.05. The molecule has 1 rings (SSSR count). The van der Waals surface area contributed by atoms with Crippen LogP contribution in [0.25, 0.3) is 0 Å². The summed E-state index contributed by atoms with van der Waals surface area (Å²) in [7, 11) is 1.51. The van der Waals surface area contributed by atoms with E-state index < -0.39 is 6.10 Å². The zero-order valence-electron chi connectivity index (χ0n) is 8.88. The van der Waals surface area contributed by atoms with Crippen LogP contribution in [0.15, 0.2) is 0 Å². The van der Waals surface area contributed by atoms with Crippen LogP contribution in [0.1, 0.15) is 26.2 Å². The molecule has 14 heavy (non-hydrogen) atoms. The lowest BCUT2D eigenvalue weighted by Crippen LogP contribution is -2.46. The molecular weight excluding hydrogens is 182 g/mol. The summed E-state index contributed by atoms with van der Waals surface area (Å²) in [6, 6.07) is 0. The Morgan fingerprint density at radius 1 is 1.64 bits per heavy atom. The number of carbonyl (C=O) groups is 1. The largest absolute Gasteiger partial charge is 0.396 e. The minimum Gasteiger partial charge on any atom is -0.396 e. The number of hydrogen-bond donors (Lipinski definition) is 2. The van der Waals surface area contributed by atoms with Crippen molar-refractivity contribution in [3.8, 4) is 0 Å². The van der Waals surface area contributed by atoms with E-state index in [2.05, 4.69) is 5.32 Å². The summed E-state index contributed by atoms with van der Waals surface area (Å²) in [5.41, 5.74) is -0.0525. The van der Waals surface area contributed by atoms with Gasteiger partial charge in [0.1, 0.15) is 6.10 Å². The molecule has 4 nitrogen and oxygen atoms in total. The first-order valence-electron chi connectivity index (χ1n) is 5.05. The third kappa shape index (κ3) is 2.45. The number of aliphatic hydroxyl groups is 1. The topological polar surface area (TPSA) is 58.6 Å². The van der Waals surface area contributed by atoms with E-state index in [-0.39, 0.29) is 17.9 Å². The number of amides is 1. The zero-order valence-corrected chi connectivity index (χ0v) is 8.88. The van der Waals surface area contributed by atoms with Gasteiger partial charge in [-0.1, -0.05) is 6.42 Å². The number of aliphatic hydroxyl groups excluding tert-OH is 1. The van der Waals surface area contributed by atoms with Gasteiger partial charge in [0.2, 0.25) is 5.91 Å². The Labute approximate surface area is 84.6 Å². The van der Waals surface area contributed by atoms with E-state index in [0.29, 0.717) is 6.54 Å². The van der Waals surface area contributed by atoms with Crippen molar-refractivity contribution in [2.24, 2.45) is 5.41 Å². The second kappa shape index (κ2) is 4.75. The van der Waals surface area contributed by atoms with Crippen LogP contribution in [0.5, 0.6) is 0 Å². The number of rotatable bonds is 5. The Hall–Kier alpha value is -0.610. The van der Waals surface area contributed by atoms with E-state index in [9.17, 15) is 4.79 Å². The van der Waals surface area contributed by atoms with Gasteiger partial charge in [-0.05, 0) is 19.8 Å². The monoisotopic (exact) mass is 201 g/mol. The van der Waals surface area contributed by atoms with E-state index in [1.807, 2.05) is 0 Å². The van der Waals surface area contributed by atoms with Gasteiger partial charge in [-0.25, -0.2) is 0 Å². The van der Waals surface area contributed by atoms with Crippen LogP contribution in [0.4, 0.5) is 0 Å². The molecule has 1 aliphatic carbocycles. The second-order valence-electron chi connectivity index (χ2n) is 4.11. The lowest BCUT2D eigenvalue weighted by Gasteiger charge is -2.40. The Kier molecular flexibility index (Phi) is 3.89. The summed E-state index contributed by atoms with van der Waals surface area (Å²) in [5.74, 6) is -0.104. The first-order chi connectivity index (χ1) is 6.63. The average molecular weight is 201 g/mol. The van der Waals surface area contributed by atoms with Crippen LogP contribution in [0.2, 0.25) is 0 Å². The highest BCUT2D eigenvalue weighted by Gasteiger charge is 2.36. The van der Waals surface area contributed by atoms with Gasteiger partial charge < -0.3 is 15.2 Å².